The lowest BCUT2D eigenvalue weighted by molar-refractivity contribution is 0.354. The monoisotopic (exact) mass is 444 g/mol. The Morgan fingerprint density at radius 1 is 0.871 bits per heavy atom. The van der Waals surface area contributed by atoms with Crippen LogP contribution in [0.5, 0.6) is 11.5 Å². The van der Waals surface area contributed by atoms with Crippen molar-refractivity contribution in [1.82, 2.24) is 19.9 Å². The van der Waals surface area contributed by atoms with Gasteiger partial charge in [0.25, 0.3) is 0 Å². The Balaban J connectivity index is 1.51. The molecule has 0 saturated heterocycles. The summed E-state index contributed by atoms with van der Waals surface area (Å²) in [6.45, 7) is 2.46. The van der Waals surface area contributed by atoms with Gasteiger partial charge in [-0.1, -0.05) is 0 Å². The summed E-state index contributed by atoms with van der Waals surface area (Å²) in [5.41, 5.74) is 1.08. The highest BCUT2D eigenvalue weighted by Gasteiger charge is 2.16. The molecule has 0 unspecified atom stereocenters. The van der Waals surface area contributed by atoms with Crippen LogP contribution < -0.4 is 24.8 Å². The van der Waals surface area contributed by atoms with Gasteiger partial charge in [0.15, 0.2) is 17.3 Å². The smallest absolute Gasteiger partial charge is 0.240 e. The molecule has 0 fully saturated rings. The van der Waals surface area contributed by atoms with Gasteiger partial charge in [0.2, 0.25) is 10.0 Å². The molecular formula is C20H24N6O4S. The Bertz CT molecular complexity index is 1120. The molecule has 10 nitrogen and oxygen atoms in total. The van der Waals surface area contributed by atoms with Crippen molar-refractivity contribution >= 4 is 27.5 Å². The number of hydrogen-bond donors (Lipinski definition) is 3. The van der Waals surface area contributed by atoms with Gasteiger partial charge in [0.05, 0.1) is 19.1 Å². The largest absolute Gasteiger partial charge is 0.493 e. The fraction of sp³-hybridized carbons (Fsp3) is 0.250. The Morgan fingerprint density at radius 3 is 2.29 bits per heavy atom. The SMILES string of the molecule is COc1ccc(S(=O)(=O)NCCNc2ccc(Nc3cc(C)ccn3)nn2)cc1OC. The van der Waals surface area contributed by atoms with Crippen LogP contribution in [0.25, 0.3) is 0 Å². The van der Waals surface area contributed by atoms with Gasteiger partial charge < -0.3 is 20.1 Å². The van der Waals surface area contributed by atoms with Crippen LogP contribution in [0.3, 0.4) is 0 Å². The molecule has 0 bridgehead atoms. The van der Waals surface area contributed by atoms with Gasteiger partial charge in [0, 0.05) is 25.4 Å². The van der Waals surface area contributed by atoms with E-state index in [1.165, 1.54) is 26.4 Å². The first-order valence-corrected chi connectivity index (χ1v) is 10.9. The number of anilines is 3. The molecule has 11 heteroatoms. The number of benzene rings is 1. The highest BCUT2D eigenvalue weighted by Crippen LogP contribution is 2.29. The van der Waals surface area contributed by atoms with E-state index in [2.05, 4.69) is 30.5 Å². The first kappa shape index (κ1) is 22.2. The maximum absolute atomic E-state index is 12.5. The van der Waals surface area contributed by atoms with Crippen molar-refractivity contribution in [3.05, 3.63) is 54.2 Å². The summed E-state index contributed by atoms with van der Waals surface area (Å²) in [6.07, 6.45) is 1.71. The highest BCUT2D eigenvalue weighted by molar-refractivity contribution is 7.89. The van der Waals surface area contributed by atoms with E-state index in [-0.39, 0.29) is 11.4 Å². The van der Waals surface area contributed by atoms with Crippen molar-refractivity contribution in [3.8, 4) is 11.5 Å². The Hall–Kier alpha value is -3.44. The lowest BCUT2D eigenvalue weighted by Gasteiger charge is -2.11. The number of aryl methyl sites for hydroxylation is 1. The average Bonchev–Trinajstić information content (AvgIpc) is 2.77. The molecule has 0 aliphatic rings. The predicted molar refractivity (Wildman–Crippen MR) is 118 cm³/mol. The fourth-order valence-electron chi connectivity index (χ4n) is 2.67. The molecule has 0 amide bonds. The molecule has 2 heterocycles. The van der Waals surface area contributed by atoms with Gasteiger partial charge in [-0.05, 0) is 48.9 Å². The van der Waals surface area contributed by atoms with Crippen LogP contribution in [0.1, 0.15) is 5.56 Å². The van der Waals surface area contributed by atoms with Gasteiger partial charge in [-0.2, -0.15) is 0 Å². The molecule has 164 valence electrons. The third-order valence-electron chi connectivity index (χ3n) is 4.22. The standard InChI is InChI=1S/C20H24N6O4S/c1-14-8-9-21-20(12-14)24-19-7-6-18(25-26-19)22-10-11-23-31(27,28)15-4-5-16(29-2)17(13-15)30-3/h4-9,12-13,23H,10-11H2,1-3H3,(H,22,25)(H,21,24,26). The second-order valence-corrected chi connectivity index (χ2v) is 8.26. The molecule has 3 rings (SSSR count). The lowest BCUT2D eigenvalue weighted by Crippen LogP contribution is -2.29. The van der Waals surface area contributed by atoms with Crippen LogP contribution >= 0.6 is 0 Å². The maximum Gasteiger partial charge on any atom is 0.240 e. The molecule has 0 aliphatic heterocycles. The number of ether oxygens (including phenoxy) is 2. The van der Waals surface area contributed by atoms with Gasteiger partial charge in [-0.15, -0.1) is 10.2 Å². The summed E-state index contributed by atoms with van der Waals surface area (Å²) in [6, 6.07) is 11.7. The fourth-order valence-corrected chi connectivity index (χ4v) is 3.72. The maximum atomic E-state index is 12.5. The molecule has 0 atom stereocenters. The quantitative estimate of drug-likeness (QED) is 0.404. The average molecular weight is 445 g/mol. The van der Waals surface area contributed by atoms with Crippen LogP contribution in [0, 0.1) is 6.92 Å². The van der Waals surface area contributed by atoms with Crippen molar-refractivity contribution in [1.29, 1.82) is 0 Å². The van der Waals surface area contributed by atoms with Gasteiger partial charge in [-0.25, -0.2) is 18.1 Å². The zero-order valence-electron chi connectivity index (χ0n) is 17.4. The Morgan fingerprint density at radius 2 is 1.61 bits per heavy atom. The van der Waals surface area contributed by atoms with Gasteiger partial charge >= 0.3 is 0 Å². The van der Waals surface area contributed by atoms with E-state index < -0.39 is 10.0 Å². The normalized spacial score (nSPS) is 11.1. The molecule has 0 spiro atoms. The topological polar surface area (TPSA) is 127 Å². The second kappa shape index (κ2) is 10.0. The van der Waals surface area contributed by atoms with E-state index in [0.717, 1.165) is 5.56 Å². The molecule has 0 radical (unpaired) electrons. The summed E-state index contributed by atoms with van der Waals surface area (Å²) in [5.74, 6) is 2.55. The number of sulfonamides is 1. The van der Waals surface area contributed by atoms with Crippen LogP contribution in [-0.2, 0) is 10.0 Å². The van der Waals surface area contributed by atoms with E-state index in [0.29, 0.717) is 35.5 Å². The van der Waals surface area contributed by atoms with Crippen LogP contribution in [-0.4, -0.2) is 50.9 Å². The summed E-state index contributed by atoms with van der Waals surface area (Å²) >= 11 is 0. The van der Waals surface area contributed by atoms with Crippen LogP contribution in [0.4, 0.5) is 17.5 Å². The molecule has 31 heavy (non-hydrogen) atoms. The first-order chi connectivity index (χ1) is 14.9. The van der Waals surface area contributed by atoms with Crippen molar-refractivity contribution < 1.29 is 17.9 Å². The van der Waals surface area contributed by atoms with Crippen LogP contribution in [0.15, 0.2) is 53.6 Å². The number of rotatable bonds is 10. The second-order valence-electron chi connectivity index (χ2n) is 6.49. The van der Waals surface area contributed by atoms with Crippen LogP contribution in [0.2, 0.25) is 0 Å². The Kier molecular flexibility index (Phi) is 7.21. The van der Waals surface area contributed by atoms with E-state index in [1.807, 2.05) is 19.1 Å². The number of nitrogens with one attached hydrogen (secondary N) is 3. The van der Waals surface area contributed by atoms with Crippen molar-refractivity contribution in [2.24, 2.45) is 0 Å². The number of nitrogens with zero attached hydrogens (tertiary/aromatic N) is 3. The lowest BCUT2D eigenvalue weighted by atomic mass is 10.3. The van der Waals surface area contributed by atoms with E-state index in [9.17, 15) is 8.42 Å². The zero-order valence-corrected chi connectivity index (χ0v) is 18.2. The zero-order chi connectivity index (χ0) is 22.3. The summed E-state index contributed by atoms with van der Waals surface area (Å²) in [7, 11) is -0.759. The Labute approximate surface area is 181 Å². The van der Waals surface area contributed by atoms with E-state index in [4.69, 9.17) is 9.47 Å². The minimum atomic E-state index is -3.70. The third kappa shape index (κ3) is 6.03. The van der Waals surface area contributed by atoms with Crippen molar-refractivity contribution in [3.63, 3.8) is 0 Å². The number of pyridine rings is 1. The molecule has 3 N–H and O–H groups in total. The van der Waals surface area contributed by atoms with Crippen molar-refractivity contribution in [2.75, 3.05) is 37.9 Å². The number of aromatic nitrogens is 3. The first-order valence-electron chi connectivity index (χ1n) is 9.40. The minimum absolute atomic E-state index is 0.0881. The van der Waals surface area contributed by atoms with Crippen molar-refractivity contribution in [2.45, 2.75) is 11.8 Å². The van der Waals surface area contributed by atoms with Gasteiger partial charge in [-0.3, -0.25) is 0 Å². The molecule has 0 saturated carbocycles. The minimum Gasteiger partial charge on any atom is -0.493 e. The molecule has 0 aliphatic carbocycles. The summed E-state index contributed by atoms with van der Waals surface area (Å²) < 4.78 is 37.8. The molecule has 1 aromatic carbocycles. The molecule has 2 aromatic heterocycles. The highest BCUT2D eigenvalue weighted by atomic mass is 32.2. The van der Waals surface area contributed by atoms with E-state index in [1.54, 1.807) is 24.4 Å². The predicted octanol–water partition coefficient (Wildman–Crippen LogP) is 2.33. The van der Waals surface area contributed by atoms with Gasteiger partial charge in [0.1, 0.15) is 11.6 Å². The summed E-state index contributed by atoms with van der Waals surface area (Å²) in [4.78, 5) is 4.30. The summed E-state index contributed by atoms with van der Waals surface area (Å²) in [5, 5.41) is 14.3. The van der Waals surface area contributed by atoms with E-state index >= 15 is 0 Å². The number of hydrogen-bond acceptors (Lipinski definition) is 9. The molecular weight excluding hydrogens is 420 g/mol. The molecule has 3 aromatic rings. The number of methoxy groups -OCH3 is 2. The third-order valence-corrected chi connectivity index (χ3v) is 5.68.